The van der Waals surface area contributed by atoms with Gasteiger partial charge >= 0.3 is 0 Å². The van der Waals surface area contributed by atoms with Crippen LogP contribution in [0.5, 0.6) is 0 Å². The maximum absolute atomic E-state index is 12.8. The van der Waals surface area contributed by atoms with Crippen molar-refractivity contribution < 1.29 is 9.59 Å². The third kappa shape index (κ3) is 4.21. The minimum Gasteiger partial charge on any atom is -0.367 e. The van der Waals surface area contributed by atoms with E-state index in [0.29, 0.717) is 24.5 Å². The first-order chi connectivity index (χ1) is 10.9. The molecule has 6 heteroatoms. The highest BCUT2D eigenvalue weighted by molar-refractivity contribution is 5.98. The lowest BCUT2D eigenvalue weighted by atomic mass is 10.0. The number of piperidine rings is 1. The molecule has 1 aliphatic heterocycles. The lowest BCUT2D eigenvalue weighted by Gasteiger charge is -2.36. The second-order valence-electron chi connectivity index (χ2n) is 6.35. The smallest absolute Gasteiger partial charge is 0.257 e. The van der Waals surface area contributed by atoms with E-state index in [2.05, 4.69) is 10.3 Å². The number of nitrogens with zero attached hydrogens (tertiary/aromatic N) is 3. The predicted octanol–water partition coefficient (Wildman–Crippen LogP) is 1.98. The van der Waals surface area contributed by atoms with Gasteiger partial charge in [0.2, 0.25) is 5.91 Å². The number of aromatic nitrogens is 1. The first-order valence-corrected chi connectivity index (χ1v) is 8.14. The minimum absolute atomic E-state index is 0.00479. The normalized spacial score (nSPS) is 15.6. The van der Waals surface area contributed by atoms with Crippen LogP contribution in [-0.2, 0) is 4.79 Å². The van der Waals surface area contributed by atoms with Gasteiger partial charge in [-0.1, -0.05) is 0 Å². The molecule has 2 rings (SSSR count). The Kier molecular flexibility index (Phi) is 5.58. The molecule has 1 aromatic heterocycles. The molecule has 23 heavy (non-hydrogen) atoms. The lowest BCUT2D eigenvalue weighted by molar-refractivity contribution is -0.130. The number of carbonyl (C=O) groups excluding carboxylic acids is 2. The van der Waals surface area contributed by atoms with E-state index in [1.807, 2.05) is 31.9 Å². The van der Waals surface area contributed by atoms with Gasteiger partial charge in [-0.05, 0) is 38.8 Å². The fourth-order valence-electron chi connectivity index (χ4n) is 2.85. The molecule has 0 unspecified atom stereocenters. The van der Waals surface area contributed by atoms with Gasteiger partial charge in [-0.15, -0.1) is 0 Å². The number of amides is 2. The average Bonchev–Trinajstić information content (AvgIpc) is 2.53. The van der Waals surface area contributed by atoms with Crippen LogP contribution >= 0.6 is 0 Å². The molecular weight excluding hydrogens is 292 g/mol. The number of likely N-dealkylation sites (tertiary alicyclic amines) is 1. The molecule has 126 valence electrons. The zero-order chi connectivity index (χ0) is 17.0. The Hall–Kier alpha value is -2.11. The number of nitrogens with one attached hydrogen (secondary N) is 1. The molecule has 1 saturated heterocycles. The number of anilines is 1. The van der Waals surface area contributed by atoms with Crippen molar-refractivity contribution in [2.24, 2.45) is 0 Å². The van der Waals surface area contributed by atoms with Gasteiger partial charge in [0.1, 0.15) is 5.82 Å². The van der Waals surface area contributed by atoms with Crippen molar-refractivity contribution in [2.45, 2.75) is 45.7 Å². The average molecular weight is 318 g/mol. The summed E-state index contributed by atoms with van der Waals surface area (Å²) in [5.41, 5.74) is 0.611. The molecule has 1 fully saturated rings. The maximum atomic E-state index is 12.8. The molecule has 1 aliphatic rings. The number of rotatable bonds is 4. The van der Waals surface area contributed by atoms with Crippen LogP contribution in [0.2, 0.25) is 0 Å². The highest BCUT2D eigenvalue weighted by Gasteiger charge is 2.28. The summed E-state index contributed by atoms with van der Waals surface area (Å²) in [6.45, 7) is 6.95. The Labute approximate surface area is 137 Å². The van der Waals surface area contributed by atoms with E-state index in [4.69, 9.17) is 0 Å². The molecule has 1 aromatic rings. The molecule has 0 bridgehead atoms. The monoisotopic (exact) mass is 318 g/mol. The molecule has 6 nitrogen and oxygen atoms in total. The fourth-order valence-corrected chi connectivity index (χ4v) is 2.85. The Morgan fingerprint density at radius 1 is 1.35 bits per heavy atom. The number of pyridine rings is 1. The van der Waals surface area contributed by atoms with Crippen molar-refractivity contribution in [3.05, 3.63) is 23.9 Å². The van der Waals surface area contributed by atoms with Crippen LogP contribution in [0.3, 0.4) is 0 Å². The van der Waals surface area contributed by atoms with Gasteiger partial charge in [-0.25, -0.2) is 4.98 Å². The zero-order valence-electron chi connectivity index (χ0n) is 14.4. The SMILES string of the molecule is CC(=O)N(C)C1CCN(C(=O)c2cccnc2NC(C)C)CC1. The van der Waals surface area contributed by atoms with Crippen molar-refractivity contribution in [2.75, 3.05) is 25.5 Å². The summed E-state index contributed by atoms with van der Waals surface area (Å²) < 4.78 is 0. The van der Waals surface area contributed by atoms with Crippen LogP contribution in [0.25, 0.3) is 0 Å². The summed E-state index contributed by atoms with van der Waals surface area (Å²) in [4.78, 5) is 32.2. The summed E-state index contributed by atoms with van der Waals surface area (Å²) in [6.07, 6.45) is 3.32. The Balaban J connectivity index is 2.04. The van der Waals surface area contributed by atoms with Crippen LogP contribution in [0.1, 0.15) is 44.0 Å². The predicted molar refractivity (Wildman–Crippen MR) is 90.4 cm³/mol. The lowest BCUT2D eigenvalue weighted by Crippen LogP contribution is -2.46. The van der Waals surface area contributed by atoms with Crippen LogP contribution in [0.15, 0.2) is 18.3 Å². The summed E-state index contributed by atoms with van der Waals surface area (Å²) in [7, 11) is 1.83. The molecule has 0 atom stereocenters. The molecule has 2 heterocycles. The van der Waals surface area contributed by atoms with E-state index in [1.54, 1.807) is 24.1 Å². The standard InChI is InChI=1S/C17H26N4O2/c1-12(2)19-16-15(6-5-9-18-16)17(23)21-10-7-14(8-11-21)20(4)13(3)22/h5-6,9,12,14H,7-8,10-11H2,1-4H3,(H,18,19). The van der Waals surface area contributed by atoms with Crippen molar-refractivity contribution in [3.8, 4) is 0 Å². The van der Waals surface area contributed by atoms with Crippen molar-refractivity contribution >= 4 is 17.6 Å². The topological polar surface area (TPSA) is 65.5 Å². The molecule has 0 aliphatic carbocycles. The van der Waals surface area contributed by atoms with E-state index < -0.39 is 0 Å². The van der Waals surface area contributed by atoms with Gasteiger partial charge < -0.3 is 15.1 Å². The molecule has 0 spiro atoms. The minimum atomic E-state index is 0.00479. The zero-order valence-corrected chi connectivity index (χ0v) is 14.4. The van der Waals surface area contributed by atoms with Crippen molar-refractivity contribution in [1.29, 1.82) is 0 Å². The largest absolute Gasteiger partial charge is 0.367 e. The molecule has 0 aromatic carbocycles. The molecule has 1 N–H and O–H groups in total. The summed E-state index contributed by atoms with van der Waals surface area (Å²) in [5.74, 6) is 0.714. The Morgan fingerprint density at radius 2 is 2.00 bits per heavy atom. The van der Waals surface area contributed by atoms with Crippen LogP contribution < -0.4 is 5.32 Å². The second kappa shape index (κ2) is 7.44. The highest BCUT2D eigenvalue weighted by Crippen LogP contribution is 2.20. The quantitative estimate of drug-likeness (QED) is 0.922. The first-order valence-electron chi connectivity index (χ1n) is 8.14. The first kappa shape index (κ1) is 17.2. The summed E-state index contributed by atoms with van der Waals surface area (Å²) in [5, 5.41) is 3.22. The van der Waals surface area contributed by atoms with E-state index in [1.165, 1.54) is 0 Å². The summed E-state index contributed by atoms with van der Waals surface area (Å²) >= 11 is 0. The Bertz CT molecular complexity index is 565. The maximum Gasteiger partial charge on any atom is 0.257 e. The Morgan fingerprint density at radius 3 is 2.57 bits per heavy atom. The third-order valence-corrected chi connectivity index (χ3v) is 4.26. The van der Waals surface area contributed by atoms with E-state index in [0.717, 1.165) is 12.8 Å². The molecule has 2 amide bonds. The van der Waals surface area contributed by atoms with Gasteiger partial charge in [-0.2, -0.15) is 0 Å². The second-order valence-corrected chi connectivity index (χ2v) is 6.35. The highest BCUT2D eigenvalue weighted by atomic mass is 16.2. The van der Waals surface area contributed by atoms with Gasteiger partial charge in [-0.3, -0.25) is 9.59 Å². The third-order valence-electron chi connectivity index (χ3n) is 4.26. The number of hydrogen-bond donors (Lipinski definition) is 1. The van der Waals surface area contributed by atoms with E-state index in [9.17, 15) is 9.59 Å². The fraction of sp³-hybridized carbons (Fsp3) is 0.588. The van der Waals surface area contributed by atoms with Gasteiger partial charge in [0, 0.05) is 45.3 Å². The van der Waals surface area contributed by atoms with E-state index >= 15 is 0 Å². The van der Waals surface area contributed by atoms with Crippen LogP contribution in [-0.4, -0.2) is 58.8 Å². The van der Waals surface area contributed by atoms with Gasteiger partial charge in [0.25, 0.3) is 5.91 Å². The van der Waals surface area contributed by atoms with Crippen molar-refractivity contribution in [1.82, 2.24) is 14.8 Å². The number of hydrogen-bond acceptors (Lipinski definition) is 4. The van der Waals surface area contributed by atoms with Gasteiger partial charge in [0.15, 0.2) is 0 Å². The number of carbonyl (C=O) groups is 2. The summed E-state index contributed by atoms with van der Waals surface area (Å²) in [6, 6.07) is 4.04. The molecule has 0 radical (unpaired) electrons. The molecular formula is C17H26N4O2. The van der Waals surface area contributed by atoms with Crippen LogP contribution in [0, 0.1) is 0 Å². The van der Waals surface area contributed by atoms with E-state index in [-0.39, 0.29) is 23.9 Å². The van der Waals surface area contributed by atoms with Crippen molar-refractivity contribution in [3.63, 3.8) is 0 Å². The van der Waals surface area contributed by atoms with Gasteiger partial charge in [0.05, 0.1) is 5.56 Å². The van der Waals surface area contributed by atoms with Crippen LogP contribution in [0.4, 0.5) is 5.82 Å². The molecule has 0 saturated carbocycles.